The van der Waals surface area contributed by atoms with Gasteiger partial charge in [-0.05, 0) is 80.1 Å². The van der Waals surface area contributed by atoms with Crippen molar-refractivity contribution < 1.29 is 9.53 Å². The zero-order valence-corrected chi connectivity index (χ0v) is 17.3. The summed E-state index contributed by atoms with van der Waals surface area (Å²) < 4.78 is 5.91. The van der Waals surface area contributed by atoms with Gasteiger partial charge < -0.3 is 15.4 Å². The van der Waals surface area contributed by atoms with Gasteiger partial charge in [0.25, 0.3) is 5.91 Å². The molecule has 0 saturated carbocycles. The molecule has 2 heterocycles. The van der Waals surface area contributed by atoms with Gasteiger partial charge in [-0.15, -0.1) is 0 Å². The van der Waals surface area contributed by atoms with E-state index >= 15 is 0 Å². The lowest BCUT2D eigenvalue weighted by molar-refractivity contribution is 0.0949. The van der Waals surface area contributed by atoms with Gasteiger partial charge in [0.1, 0.15) is 17.1 Å². The highest BCUT2D eigenvalue weighted by molar-refractivity contribution is 5.96. The van der Waals surface area contributed by atoms with E-state index in [1.165, 1.54) is 19.3 Å². The van der Waals surface area contributed by atoms with Gasteiger partial charge in [0.05, 0.1) is 0 Å². The molecule has 0 aliphatic heterocycles. The molecular formula is C25H26N4O2. The summed E-state index contributed by atoms with van der Waals surface area (Å²) in [5.74, 6) is 2.05. The Kier molecular flexibility index (Phi) is 6.90. The van der Waals surface area contributed by atoms with Crippen molar-refractivity contribution in [2.45, 2.75) is 25.7 Å². The zero-order valence-electron chi connectivity index (χ0n) is 17.3. The normalized spacial score (nSPS) is 15.3. The fourth-order valence-electron chi connectivity index (χ4n) is 3.54. The summed E-state index contributed by atoms with van der Waals surface area (Å²) in [5, 5.41) is 6.22. The van der Waals surface area contributed by atoms with E-state index in [-0.39, 0.29) is 5.91 Å². The molecule has 1 atom stereocenters. The van der Waals surface area contributed by atoms with Crippen LogP contribution < -0.4 is 15.4 Å². The van der Waals surface area contributed by atoms with E-state index < -0.39 is 0 Å². The number of aromatic nitrogens is 2. The van der Waals surface area contributed by atoms with Crippen LogP contribution in [0, 0.1) is 5.92 Å². The van der Waals surface area contributed by atoms with Crippen LogP contribution in [0.15, 0.2) is 79.1 Å². The summed E-state index contributed by atoms with van der Waals surface area (Å²) in [5.41, 5.74) is 1.32. The van der Waals surface area contributed by atoms with Crippen LogP contribution in [0.4, 0.5) is 11.5 Å². The lowest BCUT2D eigenvalue weighted by Crippen LogP contribution is -2.26. The van der Waals surface area contributed by atoms with Gasteiger partial charge in [-0.25, -0.2) is 9.97 Å². The minimum absolute atomic E-state index is 0.170. The highest BCUT2D eigenvalue weighted by Gasteiger charge is 2.15. The lowest BCUT2D eigenvalue weighted by atomic mass is 9.93. The van der Waals surface area contributed by atoms with Crippen LogP contribution in [-0.4, -0.2) is 22.4 Å². The summed E-state index contributed by atoms with van der Waals surface area (Å²) >= 11 is 0. The number of pyridine rings is 2. The van der Waals surface area contributed by atoms with E-state index in [4.69, 9.17) is 4.74 Å². The van der Waals surface area contributed by atoms with Crippen LogP contribution in [0.2, 0.25) is 0 Å². The third kappa shape index (κ3) is 5.92. The van der Waals surface area contributed by atoms with Gasteiger partial charge >= 0.3 is 0 Å². The number of anilines is 2. The Hall–Kier alpha value is -3.67. The number of rotatable bonds is 8. The van der Waals surface area contributed by atoms with E-state index in [9.17, 15) is 4.79 Å². The Morgan fingerprint density at radius 2 is 1.90 bits per heavy atom. The molecule has 0 radical (unpaired) electrons. The van der Waals surface area contributed by atoms with Crippen molar-refractivity contribution in [1.29, 1.82) is 0 Å². The highest BCUT2D eigenvalue weighted by atomic mass is 16.5. The average molecular weight is 415 g/mol. The smallest absolute Gasteiger partial charge is 0.256 e. The molecule has 4 rings (SSSR count). The van der Waals surface area contributed by atoms with E-state index in [2.05, 4.69) is 32.8 Å². The number of benzene rings is 1. The minimum atomic E-state index is -0.170. The molecule has 0 spiro atoms. The third-order valence-corrected chi connectivity index (χ3v) is 5.18. The Labute approximate surface area is 182 Å². The molecule has 3 aromatic rings. The molecule has 0 saturated heterocycles. The van der Waals surface area contributed by atoms with Gasteiger partial charge in [-0.1, -0.05) is 18.2 Å². The topological polar surface area (TPSA) is 76.1 Å². The molecule has 2 aromatic heterocycles. The number of nitrogens with zero attached hydrogens (tertiary/aromatic N) is 2. The third-order valence-electron chi connectivity index (χ3n) is 5.18. The van der Waals surface area contributed by atoms with E-state index in [1.54, 1.807) is 24.5 Å². The molecule has 2 N–H and O–H groups in total. The molecule has 1 aromatic carbocycles. The number of hydrogen-bond acceptors (Lipinski definition) is 5. The SMILES string of the molecule is O=C(NCCC1C=CCCC1)c1cccnc1Oc1ccc(Nc2ccccn2)cc1. The van der Waals surface area contributed by atoms with E-state index in [1.807, 2.05) is 42.5 Å². The molecule has 1 amide bonds. The minimum Gasteiger partial charge on any atom is -0.438 e. The van der Waals surface area contributed by atoms with Crippen molar-refractivity contribution >= 4 is 17.4 Å². The molecule has 0 fully saturated rings. The first-order valence-electron chi connectivity index (χ1n) is 10.6. The van der Waals surface area contributed by atoms with Gasteiger partial charge in [-0.2, -0.15) is 0 Å². The maximum absolute atomic E-state index is 12.7. The van der Waals surface area contributed by atoms with Gasteiger partial charge in [-0.3, -0.25) is 4.79 Å². The van der Waals surface area contributed by atoms with Crippen LogP contribution in [-0.2, 0) is 0 Å². The Morgan fingerprint density at radius 3 is 2.68 bits per heavy atom. The van der Waals surface area contributed by atoms with Gasteiger partial charge in [0.2, 0.25) is 5.88 Å². The molecule has 0 bridgehead atoms. The standard InChI is InChI=1S/C25H26N4O2/c30-24(27-18-15-19-7-2-1-3-8-19)22-9-6-17-28-25(22)31-21-13-11-20(12-14-21)29-23-10-4-5-16-26-23/h2,4-7,9-14,16-17,19H,1,3,8,15,18H2,(H,26,29)(H,27,30). The number of carbonyl (C=O) groups excluding carboxylic acids is 1. The van der Waals surface area contributed by atoms with Crippen LogP contribution in [0.5, 0.6) is 11.6 Å². The monoisotopic (exact) mass is 414 g/mol. The fourth-order valence-corrected chi connectivity index (χ4v) is 3.54. The van der Waals surface area contributed by atoms with Gasteiger partial charge in [0.15, 0.2) is 0 Å². The summed E-state index contributed by atoms with van der Waals surface area (Å²) in [6.07, 6.45) is 12.4. The van der Waals surface area contributed by atoms with Crippen LogP contribution >= 0.6 is 0 Å². The number of carbonyl (C=O) groups is 1. The second-order valence-electron chi connectivity index (χ2n) is 7.49. The van der Waals surface area contributed by atoms with E-state index in [0.717, 1.165) is 17.9 Å². The predicted molar refractivity (Wildman–Crippen MR) is 122 cm³/mol. The molecule has 158 valence electrons. The molecule has 1 aliphatic rings. The summed E-state index contributed by atoms with van der Waals surface area (Å²) in [6, 6.07) is 16.6. The Morgan fingerprint density at radius 1 is 1.03 bits per heavy atom. The second-order valence-corrected chi connectivity index (χ2v) is 7.49. The lowest BCUT2D eigenvalue weighted by Gasteiger charge is -2.16. The quantitative estimate of drug-likeness (QED) is 0.477. The van der Waals surface area contributed by atoms with Crippen LogP contribution in [0.3, 0.4) is 0 Å². The summed E-state index contributed by atoms with van der Waals surface area (Å²) in [7, 11) is 0. The maximum atomic E-state index is 12.7. The Balaban J connectivity index is 1.36. The first-order chi connectivity index (χ1) is 15.3. The zero-order chi connectivity index (χ0) is 21.3. The second kappa shape index (κ2) is 10.4. The number of amides is 1. The number of allylic oxidation sites excluding steroid dienone is 2. The average Bonchev–Trinajstić information content (AvgIpc) is 2.82. The summed E-state index contributed by atoms with van der Waals surface area (Å²) in [6.45, 7) is 0.635. The van der Waals surface area contributed by atoms with Crippen molar-refractivity contribution in [2.24, 2.45) is 5.92 Å². The number of ether oxygens (including phenoxy) is 1. The van der Waals surface area contributed by atoms with Crippen molar-refractivity contribution in [3.63, 3.8) is 0 Å². The predicted octanol–water partition coefficient (Wildman–Crippen LogP) is 5.49. The van der Waals surface area contributed by atoms with Crippen molar-refractivity contribution in [1.82, 2.24) is 15.3 Å². The first-order valence-corrected chi connectivity index (χ1v) is 10.6. The van der Waals surface area contributed by atoms with Crippen molar-refractivity contribution in [3.05, 3.63) is 84.7 Å². The molecule has 31 heavy (non-hydrogen) atoms. The molecule has 6 nitrogen and oxygen atoms in total. The highest BCUT2D eigenvalue weighted by Crippen LogP contribution is 2.25. The molecule has 1 unspecified atom stereocenters. The molecule has 1 aliphatic carbocycles. The number of hydrogen-bond donors (Lipinski definition) is 2. The van der Waals surface area contributed by atoms with Gasteiger partial charge in [0, 0.05) is 24.6 Å². The summed E-state index contributed by atoms with van der Waals surface area (Å²) in [4.78, 5) is 21.2. The number of nitrogens with one attached hydrogen (secondary N) is 2. The van der Waals surface area contributed by atoms with Crippen LogP contribution in [0.1, 0.15) is 36.0 Å². The Bertz CT molecular complexity index is 1020. The van der Waals surface area contributed by atoms with Crippen molar-refractivity contribution in [3.8, 4) is 11.6 Å². The largest absolute Gasteiger partial charge is 0.438 e. The fraction of sp³-hybridized carbons (Fsp3) is 0.240. The maximum Gasteiger partial charge on any atom is 0.256 e. The first kappa shape index (κ1) is 20.6. The van der Waals surface area contributed by atoms with E-state index in [0.29, 0.717) is 29.7 Å². The van der Waals surface area contributed by atoms with Crippen LogP contribution in [0.25, 0.3) is 0 Å². The molecule has 6 heteroatoms. The van der Waals surface area contributed by atoms with Crippen molar-refractivity contribution in [2.75, 3.05) is 11.9 Å². The molecular weight excluding hydrogens is 388 g/mol.